The van der Waals surface area contributed by atoms with E-state index in [-0.39, 0.29) is 6.42 Å². The molecule has 5 unspecified atom stereocenters. The van der Waals surface area contributed by atoms with Crippen molar-refractivity contribution in [2.45, 2.75) is 56.6 Å². The van der Waals surface area contributed by atoms with E-state index in [9.17, 15) is 35.9 Å². The number of amides is 2. The van der Waals surface area contributed by atoms with Gasteiger partial charge in [0.15, 0.2) is 0 Å². The van der Waals surface area contributed by atoms with Crippen LogP contribution >= 0.6 is 0 Å². The van der Waals surface area contributed by atoms with Crippen LogP contribution in [0.5, 0.6) is 0 Å². The summed E-state index contributed by atoms with van der Waals surface area (Å²) in [5.41, 5.74) is 0. The van der Waals surface area contributed by atoms with E-state index in [1.165, 1.54) is 12.3 Å². The third-order valence-electron chi connectivity index (χ3n) is 5.51. The SMILES string of the molecule is O=C1CC(NC(=O)C2C(OC3C=CCCC3)=CC(C(F)(F)F)CC2C(F)(F)F)C=CN1. The van der Waals surface area contributed by atoms with Gasteiger partial charge in [-0.3, -0.25) is 9.59 Å². The number of carbonyl (C=O) groups excluding carboxylic acids is 2. The first-order chi connectivity index (χ1) is 14.4. The molecule has 11 heteroatoms. The molecule has 3 rings (SSSR count). The number of rotatable bonds is 4. The molecule has 5 nitrogen and oxygen atoms in total. The minimum Gasteiger partial charge on any atom is -0.490 e. The molecular weight excluding hydrogens is 430 g/mol. The van der Waals surface area contributed by atoms with Gasteiger partial charge in [0, 0.05) is 6.20 Å². The monoisotopic (exact) mass is 452 g/mol. The molecule has 0 bridgehead atoms. The highest BCUT2D eigenvalue weighted by molar-refractivity contribution is 5.84. The molecule has 0 radical (unpaired) electrons. The Morgan fingerprint density at radius 3 is 2.45 bits per heavy atom. The van der Waals surface area contributed by atoms with Crippen molar-refractivity contribution < 1.29 is 40.7 Å². The van der Waals surface area contributed by atoms with E-state index in [1.54, 1.807) is 12.2 Å². The summed E-state index contributed by atoms with van der Waals surface area (Å²) < 4.78 is 87.0. The number of alkyl halides is 6. The topological polar surface area (TPSA) is 67.4 Å². The van der Waals surface area contributed by atoms with E-state index in [0.717, 1.165) is 6.42 Å². The summed E-state index contributed by atoms with van der Waals surface area (Å²) in [6.07, 6.45) is -3.82. The molecule has 2 aliphatic carbocycles. The Morgan fingerprint density at radius 2 is 1.87 bits per heavy atom. The lowest BCUT2D eigenvalue weighted by molar-refractivity contribution is -0.219. The summed E-state index contributed by atoms with van der Waals surface area (Å²) in [6, 6.07) is -0.869. The standard InChI is InChI=1S/C20H22F6N2O3/c21-19(22,23)11-8-14(20(24,25)26)17(15(9-11)31-13-4-2-1-3-5-13)18(30)28-12-6-7-27-16(29)10-12/h2,4,6-7,9,11-14,17H,1,3,5,8,10H2,(H,27,29)(H,28,30). The minimum atomic E-state index is -5.06. The predicted octanol–water partition coefficient (Wildman–Crippen LogP) is 3.89. The van der Waals surface area contributed by atoms with E-state index in [0.29, 0.717) is 18.9 Å². The molecule has 0 aromatic carbocycles. The summed E-state index contributed by atoms with van der Waals surface area (Å²) >= 11 is 0. The van der Waals surface area contributed by atoms with Gasteiger partial charge in [-0.05, 0) is 43.9 Å². The van der Waals surface area contributed by atoms with Crippen LogP contribution in [0, 0.1) is 17.8 Å². The molecule has 3 aliphatic rings. The van der Waals surface area contributed by atoms with Gasteiger partial charge in [0.05, 0.1) is 24.3 Å². The van der Waals surface area contributed by atoms with E-state index in [2.05, 4.69) is 10.6 Å². The maximum absolute atomic E-state index is 13.8. The van der Waals surface area contributed by atoms with Crippen LogP contribution in [0.1, 0.15) is 32.1 Å². The van der Waals surface area contributed by atoms with Gasteiger partial charge in [0.1, 0.15) is 17.8 Å². The van der Waals surface area contributed by atoms with Crippen LogP contribution in [-0.2, 0) is 14.3 Å². The number of ether oxygens (including phenoxy) is 1. The number of halogens is 6. The maximum atomic E-state index is 13.8. The minimum absolute atomic E-state index is 0.192. The van der Waals surface area contributed by atoms with Crippen LogP contribution in [0.15, 0.2) is 36.3 Å². The normalized spacial score (nSPS) is 31.6. The fourth-order valence-electron chi connectivity index (χ4n) is 3.96. The van der Waals surface area contributed by atoms with E-state index >= 15 is 0 Å². The van der Waals surface area contributed by atoms with Crippen molar-refractivity contribution in [2.75, 3.05) is 0 Å². The van der Waals surface area contributed by atoms with Crippen molar-refractivity contribution in [1.29, 1.82) is 0 Å². The third kappa shape index (κ3) is 5.82. The van der Waals surface area contributed by atoms with Crippen LogP contribution < -0.4 is 10.6 Å². The molecule has 31 heavy (non-hydrogen) atoms. The zero-order valence-corrected chi connectivity index (χ0v) is 16.3. The Kier molecular flexibility index (Phi) is 6.70. The second-order valence-corrected chi connectivity index (χ2v) is 7.84. The molecule has 1 heterocycles. The van der Waals surface area contributed by atoms with Gasteiger partial charge in [-0.15, -0.1) is 0 Å². The molecule has 172 valence electrons. The predicted molar refractivity (Wildman–Crippen MR) is 97.0 cm³/mol. The number of nitrogens with one attached hydrogen (secondary N) is 2. The van der Waals surface area contributed by atoms with Crippen LogP contribution in [0.2, 0.25) is 0 Å². The molecule has 0 spiro atoms. The highest BCUT2D eigenvalue weighted by Gasteiger charge is 2.56. The zero-order valence-electron chi connectivity index (χ0n) is 16.3. The summed E-state index contributed by atoms with van der Waals surface area (Å²) in [5, 5.41) is 4.70. The molecule has 0 aromatic rings. The second-order valence-electron chi connectivity index (χ2n) is 7.84. The third-order valence-corrected chi connectivity index (χ3v) is 5.51. The van der Waals surface area contributed by atoms with Gasteiger partial charge in [-0.1, -0.05) is 6.08 Å². The second kappa shape index (κ2) is 8.96. The average Bonchev–Trinajstić information content (AvgIpc) is 2.66. The van der Waals surface area contributed by atoms with Crippen molar-refractivity contribution in [2.24, 2.45) is 17.8 Å². The quantitative estimate of drug-likeness (QED) is 0.503. The van der Waals surface area contributed by atoms with Crippen molar-refractivity contribution in [3.63, 3.8) is 0 Å². The Labute approximate surface area is 174 Å². The molecule has 5 atom stereocenters. The lowest BCUT2D eigenvalue weighted by Gasteiger charge is -2.38. The number of hydrogen-bond acceptors (Lipinski definition) is 3. The molecule has 0 aromatic heterocycles. The average molecular weight is 452 g/mol. The lowest BCUT2D eigenvalue weighted by Crippen LogP contribution is -2.50. The van der Waals surface area contributed by atoms with Crippen LogP contribution in [-0.4, -0.2) is 36.3 Å². The summed E-state index contributed by atoms with van der Waals surface area (Å²) in [5.74, 6) is -9.14. The molecule has 0 saturated heterocycles. The van der Waals surface area contributed by atoms with Crippen molar-refractivity contribution in [3.05, 3.63) is 36.3 Å². The fourth-order valence-corrected chi connectivity index (χ4v) is 3.96. The summed E-state index contributed by atoms with van der Waals surface area (Å²) in [7, 11) is 0. The largest absolute Gasteiger partial charge is 0.490 e. The Morgan fingerprint density at radius 1 is 1.13 bits per heavy atom. The first-order valence-corrected chi connectivity index (χ1v) is 9.90. The van der Waals surface area contributed by atoms with Gasteiger partial charge < -0.3 is 15.4 Å². The number of allylic oxidation sites excluding steroid dienone is 2. The van der Waals surface area contributed by atoms with E-state index in [4.69, 9.17) is 4.74 Å². The number of carbonyl (C=O) groups is 2. The molecular formula is C20H22F6N2O3. The first-order valence-electron chi connectivity index (χ1n) is 9.90. The smallest absolute Gasteiger partial charge is 0.395 e. The number of hydrogen-bond donors (Lipinski definition) is 2. The van der Waals surface area contributed by atoms with Crippen molar-refractivity contribution >= 4 is 11.8 Å². The van der Waals surface area contributed by atoms with Gasteiger partial charge in [-0.2, -0.15) is 26.3 Å². The molecule has 0 saturated carbocycles. The zero-order chi connectivity index (χ0) is 22.8. The summed E-state index contributed by atoms with van der Waals surface area (Å²) in [4.78, 5) is 24.3. The molecule has 0 fully saturated rings. The van der Waals surface area contributed by atoms with Gasteiger partial charge in [-0.25, -0.2) is 0 Å². The Balaban J connectivity index is 1.93. The fraction of sp³-hybridized carbons (Fsp3) is 0.600. The van der Waals surface area contributed by atoms with Crippen LogP contribution in [0.25, 0.3) is 0 Å². The van der Waals surface area contributed by atoms with Crippen molar-refractivity contribution in [1.82, 2.24) is 10.6 Å². The highest BCUT2D eigenvalue weighted by atomic mass is 19.4. The van der Waals surface area contributed by atoms with Gasteiger partial charge >= 0.3 is 12.4 Å². The van der Waals surface area contributed by atoms with Crippen LogP contribution in [0.3, 0.4) is 0 Å². The molecule has 2 N–H and O–H groups in total. The van der Waals surface area contributed by atoms with Gasteiger partial charge in [0.2, 0.25) is 11.8 Å². The lowest BCUT2D eigenvalue weighted by atomic mass is 9.76. The van der Waals surface area contributed by atoms with E-state index < -0.39 is 66.2 Å². The summed E-state index contributed by atoms with van der Waals surface area (Å²) in [6.45, 7) is 0. The van der Waals surface area contributed by atoms with E-state index in [1.807, 2.05) is 0 Å². The first kappa shape index (κ1) is 23.2. The molecule has 2 amide bonds. The Bertz CT molecular complexity index is 787. The maximum Gasteiger partial charge on any atom is 0.395 e. The van der Waals surface area contributed by atoms with Crippen molar-refractivity contribution in [3.8, 4) is 0 Å². The highest BCUT2D eigenvalue weighted by Crippen LogP contribution is 2.48. The Hall–Kier alpha value is -2.46. The molecule has 1 aliphatic heterocycles. The van der Waals surface area contributed by atoms with Crippen LogP contribution in [0.4, 0.5) is 26.3 Å². The van der Waals surface area contributed by atoms with Gasteiger partial charge in [0.25, 0.3) is 0 Å².